The summed E-state index contributed by atoms with van der Waals surface area (Å²) in [5, 5.41) is 5.71. The van der Waals surface area contributed by atoms with Crippen LogP contribution in [0, 0.1) is 0 Å². The van der Waals surface area contributed by atoms with Crippen LogP contribution in [0.5, 0.6) is 0 Å². The van der Waals surface area contributed by atoms with Crippen molar-refractivity contribution in [1.29, 1.82) is 0 Å². The van der Waals surface area contributed by atoms with Crippen molar-refractivity contribution in [2.45, 2.75) is 64.1 Å². The van der Waals surface area contributed by atoms with E-state index in [1.807, 2.05) is 13.0 Å². The van der Waals surface area contributed by atoms with Gasteiger partial charge in [0.25, 0.3) is 5.91 Å². The van der Waals surface area contributed by atoms with Gasteiger partial charge < -0.3 is 15.5 Å². The number of rotatable bonds is 10. The zero-order chi connectivity index (χ0) is 24.7. The summed E-state index contributed by atoms with van der Waals surface area (Å²) in [5.74, 6) is -1.01. The summed E-state index contributed by atoms with van der Waals surface area (Å²) in [7, 11) is 0. The highest BCUT2D eigenvalue weighted by Gasteiger charge is 2.30. The molecular formula is C25H30F5N3O. The number of amides is 1. The molecule has 0 unspecified atom stereocenters. The van der Waals surface area contributed by atoms with Gasteiger partial charge in [0.2, 0.25) is 6.17 Å². The zero-order valence-electron chi connectivity index (χ0n) is 19.1. The average molecular weight is 484 g/mol. The van der Waals surface area contributed by atoms with Gasteiger partial charge in [-0.15, -0.1) is 0 Å². The molecule has 9 heteroatoms. The van der Waals surface area contributed by atoms with Gasteiger partial charge in [0.1, 0.15) is 6.17 Å². The Labute approximate surface area is 196 Å². The molecule has 1 aliphatic rings. The Balaban J connectivity index is 1.71. The van der Waals surface area contributed by atoms with Gasteiger partial charge in [0.15, 0.2) is 0 Å². The summed E-state index contributed by atoms with van der Waals surface area (Å²) in [6.07, 6.45) is -5.29. The third-order valence-electron chi connectivity index (χ3n) is 5.88. The lowest BCUT2D eigenvalue weighted by Crippen LogP contribution is -2.33. The first-order chi connectivity index (χ1) is 16.2. The number of hydrogen-bond acceptors (Lipinski definition) is 3. The van der Waals surface area contributed by atoms with E-state index in [1.165, 1.54) is 12.1 Å². The van der Waals surface area contributed by atoms with E-state index in [9.17, 15) is 26.7 Å². The molecule has 1 amide bonds. The molecule has 2 atom stereocenters. The highest BCUT2D eigenvalue weighted by molar-refractivity contribution is 5.98. The number of alkyl halides is 5. The van der Waals surface area contributed by atoms with Crippen LogP contribution in [-0.2, 0) is 17.5 Å². The number of nitrogens with one attached hydrogen (secondary N) is 2. The molecule has 186 valence electrons. The number of anilines is 3. The number of halogens is 5. The van der Waals surface area contributed by atoms with Crippen molar-refractivity contribution in [3.05, 3.63) is 53.6 Å². The molecule has 1 fully saturated rings. The molecule has 0 bridgehead atoms. The van der Waals surface area contributed by atoms with Crippen molar-refractivity contribution in [3.63, 3.8) is 0 Å². The first-order valence-corrected chi connectivity index (χ1v) is 11.6. The molecule has 0 spiro atoms. The average Bonchev–Trinajstić information content (AvgIpc) is 3.35. The van der Waals surface area contributed by atoms with Crippen LogP contribution in [0.4, 0.5) is 39.0 Å². The van der Waals surface area contributed by atoms with Crippen LogP contribution in [0.15, 0.2) is 42.5 Å². The molecular weight excluding hydrogens is 453 g/mol. The lowest BCUT2D eigenvalue weighted by molar-refractivity contribution is -0.137. The van der Waals surface area contributed by atoms with Crippen molar-refractivity contribution in [2.24, 2.45) is 0 Å². The predicted octanol–water partition coefficient (Wildman–Crippen LogP) is 6.72. The monoisotopic (exact) mass is 483 g/mol. The van der Waals surface area contributed by atoms with Crippen LogP contribution in [0.3, 0.4) is 0 Å². The van der Waals surface area contributed by atoms with Crippen LogP contribution >= 0.6 is 0 Å². The second kappa shape index (κ2) is 11.5. The molecule has 0 aliphatic carbocycles. The third-order valence-corrected chi connectivity index (χ3v) is 5.88. The Kier molecular flexibility index (Phi) is 8.74. The standard InChI is InChI=1S/C25H30F5N3O/c1-2-3-6-20(26)23(27)24(34)32-21-12-11-19(15-22(21)33-13-4-5-14-33)31-16-17-7-9-18(10-8-17)25(28,29)30/h7-12,15,20,23,31H,2-6,13-14,16H2,1H3,(H,32,34)/t20-,23-/m1/s1. The van der Waals surface area contributed by atoms with E-state index in [0.717, 1.165) is 44.5 Å². The van der Waals surface area contributed by atoms with Crippen LogP contribution in [-0.4, -0.2) is 31.3 Å². The quantitative estimate of drug-likeness (QED) is 0.369. The van der Waals surface area contributed by atoms with Crippen LogP contribution < -0.4 is 15.5 Å². The van der Waals surface area contributed by atoms with Crippen molar-refractivity contribution in [1.82, 2.24) is 0 Å². The van der Waals surface area contributed by atoms with Crippen molar-refractivity contribution < 1.29 is 26.7 Å². The summed E-state index contributed by atoms with van der Waals surface area (Å²) in [5.41, 5.74) is 1.76. The smallest absolute Gasteiger partial charge is 0.381 e. The summed E-state index contributed by atoms with van der Waals surface area (Å²) >= 11 is 0. The number of carbonyl (C=O) groups is 1. The Morgan fingerprint density at radius 2 is 1.74 bits per heavy atom. The van der Waals surface area contributed by atoms with Gasteiger partial charge in [-0.05, 0) is 55.2 Å². The number of benzene rings is 2. The summed E-state index contributed by atoms with van der Waals surface area (Å²) < 4.78 is 66.6. The number of nitrogens with zero attached hydrogens (tertiary/aromatic N) is 1. The van der Waals surface area contributed by atoms with Crippen LogP contribution in [0.2, 0.25) is 0 Å². The molecule has 0 aromatic heterocycles. The summed E-state index contributed by atoms with van der Waals surface area (Å²) in [4.78, 5) is 14.4. The van der Waals surface area contributed by atoms with Crippen molar-refractivity contribution in [2.75, 3.05) is 28.6 Å². The molecule has 2 aromatic rings. The first-order valence-electron chi connectivity index (χ1n) is 11.6. The molecule has 0 radical (unpaired) electrons. The molecule has 3 rings (SSSR count). The largest absolute Gasteiger partial charge is 0.416 e. The maximum absolute atomic E-state index is 14.3. The lowest BCUT2D eigenvalue weighted by Gasteiger charge is -2.23. The fourth-order valence-corrected chi connectivity index (χ4v) is 3.89. The van der Waals surface area contributed by atoms with E-state index in [1.54, 1.807) is 12.1 Å². The van der Waals surface area contributed by atoms with Crippen LogP contribution in [0.25, 0.3) is 0 Å². The molecule has 4 nitrogen and oxygen atoms in total. The molecule has 1 saturated heterocycles. The molecule has 2 N–H and O–H groups in total. The van der Waals surface area contributed by atoms with Gasteiger partial charge in [-0.3, -0.25) is 4.79 Å². The SMILES string of the molecule is CCCC[C@@H](F)[C@@H](F)C(=O)Nc1ccc(NCc2ccc(C(F)(F)F)cc2)cc1N1CCCC1. The third kappa shape index (κ3) is 6.84. The number of carbonyl (C=O) groups excluding carboxylic acids is 1. The van der Waals surface area contributed by atoms with Crippen LogP contribution in [0.1, 0.15) is 50.2 Å². The normalized spacial score (nSPS) is 15.8. The molecule has 0 saturated carbocycles. The summed E-state index contributed by atoms with van der Waals surface area (Å²) in [6.45, 7) is 3.71. The van der Waals surface area contributed by atoms with E-state index in [4.69, 9.17) is 0 Å². The molecule has 1 aliphatic heterocycles. The minimum Gasteiger partial charge on any atom is -0.381 e. The number of hydrogen-bond donors (Lipinski definition) is 2. The zero-order valence-corrected chi connectivity index (χ0v) is 19.1. The van der Waals surface area contributed by atoms with Gasteiger partial charge in [-0.2, -0.15) is 13.2 Å². The lowest BCUT2D eigenvalue weighted by atomic mass is 10.1. The predicted molar refractivity (Wildman–Crippen MR) is 125 cm³/mol. The highest BCUT2D eigenvalue weighted by atomic mass is 19.4. The van der Waals surface area contributed by atoms with Crippen molar-refractivity contribution >= 4 is 23.0 Å². The Morgan fingerprint density at radius 3 is 2.35 bits per heavy atom. The topological polar surface area (TPSA) is 44.4 Å². The fraction of sp³-hybridized carbons (Fsp3) is 0.480. The van der Waals surface area contributed by atoms with Gasteiger partial charge in [0, 0.05) is 25.3 Å². The fourth-order valence-electron chi connectivity index (χ4n) is 3.89. The Bertz CT molecular complexity index is 943. The Morgan fingerprint density at radius 1 is 1.06 bits per heavy atom. The number of unbranched alkanes of at least 4 members (excludes halogenated alkanes) is 1. The van der Waals surface area contributed by atoms with Crippen molar-refractivity contribution in [3.8, 4) is 0 Å². The maximum Gasteiger partial charge on any atom is 0.416 e. The highest BCUT2D eigenvalue weighted by Crippen LogP contribution is 2.33. The van der Waals surface area contributed by atoms with E-state index in [0.29, 0.717) is 35.6 Å². The van der Waals surface area contributed by atoms with E-state index in [2.05, 4.69) is 15.5 Å². The van der Waals surface area contributed by atoms with Gasteiger partial charge in [0.05, 0.1) is 16.9 Å². The maximum atomic E-state index is 14.3. The minimum atomic E-state index is -4.38. The van der Waals surface area contributed by atoms with Gasteiger partial charge >= 0.3 is 6.18 Å². The Hall–Kier alpha value is -2.84. The first kappa shape index (κ1) is 25.8. The van der Waals surface area contributed by atoms with E-state index in [-0.39, 0.29) is 6.42 Å². The second-order valence-electron chi connectivity index (χ2n) is 8.52. The van der Waals surface area contributed by atoms with E-state index < -0.39 is 30.0 Å². The molecule has 34 heavy (non-hydrogen) atoms. The summed E-state index contributed by atoms with van der Waals surface area (Å²) in [6, 6.07) is 10.0. The minimum absolute atomic E-state index is 0.00310. The van der Waals surface area contributed by atoms with E-state index >= 15 is 0 Å². The molecule has 2 aromatic carbocycles. The molecule has 1 heterocycles. The van der Waals surface area contributed by atoms with Gasteiger partial charge in [-0.1, -0.05) is 31.9 Å². The second-order valence-corrected chi connectivity index (χ2v) is 8.52. The van der Waals surface area contributed by atoms with Gasteiger partial charge in [-0.25, -0.2) is 8.78 Å².